The summed E-state index contributed by atoms with van der Waals surface area (Å²) >= 11 is 0. The van der Waals surface area contributed by atoms with Crippen LogP contribution in [0.1, 0.15) is 0 Å². The summed E-state index contributed by atoms with van der Waals surface area (Å²) in [6.07, 6.45) is 0. The molecule has 26 rings (SSSR count). The number of anilines is 6. The topological polar surface area (TPSA) is 16.3 Å². The number of fused-ring (bicyclic) bond motifs is 16. The van der Waals surface area contributed by atoms with Crippen molar-refractivity contribution in [2.24, 2.45) is 0 Å². The highest BCUT2D eigenvalue weighted by molar-refractivity contribution is 6.27. The third-order valence-electron chi connectivity index (χ3n) is 28.0. The van der Waals surface area contributed by atoms with Crippen molar-refractivity contribution >= 4 is 142 Å². The third kappa shape index (κ3) is 13.8. The average molecular weight is 1730 g/mol. The Labute approximate surface area is 788 Å². The van der Waals surface area contributed by atoms with Crippen molar-refractivity contribution in [2.45, 2.75) is 0 Å². The Morgan fingerprint density at radius 2 is 0.441 bits per heavy atom. The van der Waals surface area contributed by atoms with E-state index < -0.39 is 0 Å². The number of aromatic nitrogens is 2. The van der Waals surface area contributed by atoms with E-state index in [0.717, 1.165) is 123 Å². The number of para-hydroxylation sites is 1. The molecule has 0 N–H and O–H groups in total. The Kier molecular flexibility index (Phi) is 19.3. The first-order valence-corrected chi connectivity index (χ1v) is 46.9. The predicted molar refractivity (Wildman–Crippen MR) is 578 cm³/mol. The summed E-state index contributed by atoms with van der Waals surface area (Å²) in [5.74, 6) is 0. The van der Waals surface area contributed by atoms with E-state index >= 15 is 0 Å². The molecule has 0 aliphatic carbocycles. The van der Waals surface area contributed by atoms with E-state index in [1.165, 1.54) is 131 Å². The second-order valence-electron chi connectivity index (χ2n) is 35.8. The van der Waals surface area contributed by atoms with E-state index in [9.17, 15) is 0 Å². The van der Waals surface area contributed by atoms with Crippen LogP contribution in [0.4, 0.5) is 34.1 Å². The van der Waals surface area contributed by atoms with Gasteiger partial charge in [-0.25, -0.2) is 0 Å². The van der Waals surface area contributed by atoms with E-state index in [-0.39, 0.29) is 0 Å². The molecular weight excluding hydrogens is 1640 g/mol. The molecule has 0 amide bonds. The second kappa shape index (κ2) is 33.1. The number of hydrogen-bond acceptors (Lipinski definition) is 2. The first-order chi connectivity index (χ1) is 67.4. The quantitative estimate of drug-likeness (QED) is 0.0845. The van der Waals surface area contributed by atoms with Gasteiger partial charge in [0.05, 0.1) is 22.1 Å². The Balaban J connectivity index is 0.564. The molecule has 2 heterocycles. The van der Waals surface area contributed by atoms with Gasteiger partial charge in [0, 0.05) is 67.0 Å². The van der Waals surface area contributed by atoms with Crippen molar-refractivity contribution in [3.05, 3.63) is 522 Å². The molecule has 0 unspecified atom stereocenters. The molecule has 0 saturated heterocycles. The molecule has 24 aromatic carbocycles. The van der Waals surface area contributed by atoms with Gasteiger partial charge in [-0.05, 0) is 310 Å². The first-order valence-electron chi connectivity index (χ1n) is 46.9. The third-order valence-corrected chi connectivity index (χ3v) is 28.0. The van der Waals surface area contributed by atoms with Crippen molar-refractivity contribution in [2.75, 3.05) is 9.80 Å². The minimum Gasteiger partial charge on any atom is -0.310 e. The lowest BCUT2D eigenvalue weighted by molar-refractivity contribution is 1.18. The van der Waals surface area contributed by atoms with Crippen LogP contribution < -0.4 is 9.80 Å². The maximum absolute atomic E-state index is 2.49. The fraction of sp³-hybridized carbons (Fsp3) is 0. The first kappa shape index (κ1) is 79.0. The van der Waals surface area contributed by atoms with E-state index in [0.29, 0.717) is 0 Å². The monoisotopic (exact) mass is 1730 g/mol. The lowest BCUT2D eigenvalue weighted by Gasteiger charge is -2.28. The average Bonchev–Trinajstić information content (AvgIpc) is 1.56. The van der Waals surface area contributed by atoms with E-state index in [4.69, 9.17) is 0 Å². The second-order valence-corrected chi connectivity index (χ2v) is 35.8. The highest BCUT2D eigenvalue weighted by Crippen LogP contribution is 2.51. The van der Waals surface area contributed by atoms with Crippen molar-refractivity contribution in [3.63, 3.8) is 0 Å². The molecule has 0 radical (unpaired) electrons. The zero-order chi connectivity index (χ0) is 89.7. The van der Waals surface area contributed by atoms with Crippen LogP contribution in [0.2, 0.25) is 0 Å². The van der Waals surface area contributed by atoms with Gasteiger partial charge in [-0.15, -0.1) is 0 Å². The summed E-state index contributed by atoms with van der Waals surface area (Å²) in [6.45, 7) is 0. The minimum atomic E-state index is 1.04. The molecule has 4 nitrogen and oxygen atoms in total. The highest BCUT2D eigenvalue weighted by atomic mass is 15.1. The molecule has 4 heteroatoms. The molecule has 136 heavy (non-hydrogen) atoms. The molecule has 0 bridgehead atoms. The van der Waals surface area contributed by atoms with E-state index in [1.807, 2.05) is 0 Å². The Bertz CT molecular complexity index is 9100. The molecule has 2 aromatic heterocycles. The summed E-state index contributed by atoms with van der Waals surface area (Å²) in [5.41, 5.74) is 34.1. The van der Waals surface area contributed by atoms with Crippen molar-refractivity contribution < 1.29 is 0 Å². The van der Waals surface area contributed by atoms with Crippen molar-refractivity contribution in [1.29, 1.82) is 0 Å². The van der Waals surface area contributed by atoms with Crippen molar-refractivity contribution in [3.8, 4) is 112 Å². The van der Waals surface area contributed by atoms with Gasteiger partial charge in [0.1, 0.15) is 0 Å². The zero-order valence-electron chi connectivity index (χ0n) is 74.4. The van der Waals surface area contributed by atoms with E-state index in [1.54, 1.807) is 0 Å². The smallest absolute Gasteiger partial charge is 0.0547 e. The van der Waals surface area contributed by atoms with Gasteiger partial charge in [0.2, 0.25) is 0 Å². The molecule has 0 aliphatic rings. The van der Waals surface area contributed by atoms with Crippen LogP contribution in [0.3, 0.4) is 0 Å². The van der Waals surface area contributed by atoms with Gasteiger partial charge in [0.15, 0.2) is 0 Å². The van der Waals surface area contributed by atoms with Gasteiger partial charge >= 0.3 is 0 Å². The molecule has 0 saturated carbocycles. The van der Waals surface area contributed by atoms with Crippen LogP contribution in [0.5, 0.6) is 0 Å². The Hall–Kier alpha value is -18.0. The molecule has 0 spiro atoms. The van der Waals surface area contributed by atoms with Gasteiger partial charge < -0.3 is 18.9 Å². The lowest BCUT2D eigenvalue weighted by Crippen LogP contribution is -2.10. The number of hydrogen-bond donors (Lipinski definition) is 0. The largest absolute Gasteiger partial charge is 0.310 e. The standard InChI is InChI=1S/C132H86N4/c1-5-27-87(28-6-1)90-53-55-91(56-54-90)92-57-68-106(69-58-92)133(107-72-61-96(62-73-107)122-85-101-35-15-17-43-113(101)119-47-21-22-48-120(119)122)110-41-23-37-99(80-110)117-50-26-52-126-132(117)130-116-46-20-14-34-95(116)67-78-128(130)136(126)109-70-59-93(60-71-109)98-65-76-121-123(86-102-36-16-18-44-114(102)124(121)84-98)97-63-74-108(75-64-97)134(112-82-103(88-29-7-2-8-30-88)79-104(83-112)89-31-9-3-10-32-89)111-42-24-38-100(81-111)118-49-25-51-125-131(118)129-115-45-19-13-33-94(115)66-77-127(129)135(125)105-39-11-4-12-40-105/h1-86H. The zero-order valence-corrected chi connectivity index (χ0v) is 74.4. The fourth-order valence-corrected chi connectivity index (χ4v) is 21.6. The predicted octanol–water partition coefficient (Wildman–Crippen LogP) is 36.7. The molecule has 0 atom stereocenters. The minimum absolute atomic E-state index is 1.04. The lowest BCUT2D eigenvalue weighted by atomic mass is 9.91. The maximum atomic E-state index is 2.49. The van der Waals surface area contributed by atoms with Crippen LogP contribution in [0, 0.1) is 0 Å². The van der Waals surface area contributed by atoms with Crippen LogP contribution in [-0.2, 0) is 0 Å². The normalized spacial score (nSPS) is 11.7. The van der Waals surface area contributed by atoms with Crippen LogP contribution >= 0.6 is 0 Å². The number of nitrogens with zero attached hydrogens (tertiary/aromatic N) is 4. The van der Waals surface area contributed by atoms with Crippen LogP contribution in [0.15, 0.2) is 522 Å². The fourth-order valence-electron chi connectivity index (χ4n) is 21.6. The number of rotatable bonds is 17. The molecular formula is C132H86N4. The number of benzene rings is 24. The summed E-state index contributed by atoms with van der Waals surface area (Å²) < 4.78 is 4.92. The SMILES string of the molecule is c1ccc(-c2ccc(-c3ccc(N(c4ccc(-c5cc6ccccc6c6ccccc56)cc4)c4cccc(-c5cccc6c5c5c7ccccc7ccc5n6-c5ccc(-c6ccc7c(-c8ccc(N(c9cc(-c%10ccccc%10)cc(-c%10ccccc%10)c9)c9cccc(-c%10cccc%11c%10c%10c%12ccccc%12ccc%10n%11-c%10ccccc%10)c9)cc8)cc8ccccc8c7c6)cc5)c4)cc3)cc2)cc1. The van der Waals surface area contributed by atoms with Crippen LogP contribution in [0.25, 0.3) is 220 Å². The molecule has 0 fully saturated rings. The Morgan fingerprint density at radius 3 is 0.919 bits per heavy atom. The Morgan fingerprint density at radius 1 is 0.125 bits per heavy atom. The van der Waals surface area contributed by atoms with Gasteiger partial charge in [-0.2, -0.15) is 0 Å². The molecule has 0 aliphatic heterocycles. The summed E-state index contributed by atoms with van der Waals surface area (Å²) in [4.78, 5) is 4.88. The summed E-state index contributed by atoms with van der Waals surface area (Å²) in [6, 6.07) is 193. The van der Waals surface area contributed by atoms with Gasteiger partial charge in [-0.3, -0.25) is 0 Å². The molecule has 634 valence electrons. The highest BCUT2D eigenvalue weighted by Gasteiger charge is 2.26. The van der Waals surface area contributed by atoms with Gasteiger partial charge in [0.25, 0.3) is 0 Å². The van der Waals surface area contributed by atoms with Crippen molar-refractivity contribution in [1.82, 2.24) is 9.13 Å². The summed E-state index contributed by atoms with van der Waals surface area (Å²) in [7, 11) is 0. The maximum Gasteiger partial charge on any atom is 0.0547 e. The summed E-state index contributed by atoms with van der Waals surface area (Å²) in [5, 5.41) is 19.6. The molecule has 26 aromatic rings. The van der Waals surface area contributed by atoms with Crippen LogP contribution in [-0.4, -0.2) is 9.13 Å². The van der Waals surface area contributed by atoms with E-state index in [2.05, 4.69) is 541 Å². The van der Waals surface area contributed by atoms with Gasteiger partial charge in [-0.1, -0.05) is 376 Å².